The molecule has 0 heterocycles. The second-order valence-electron chi connectivity index (χ2n) is 4.95. The lowest BCUT2D eigenvalue weighted by Gasteiger charge is -2.03. The van der Waals surface area contributed by atoms with Gasteiger partial charge >= 0.3 is 5.97 Å². The van der Waals surface area contributed by atoms with Crippen molar-refractivity contribution in [3.63, 3.8) is 0 Å². The van der Waals surface area contributed by atoms with Crippen molar-refractivity contribution in [2.24, 2.45) is 0 Å². The third-order valence-corrected chi connectivity index (χ3v) is 2.99. The van der Waals surface area contributed by atoms with Crippen LogP contribution in [0, 0.1) is 11.5 Å². The zero-order valence-corrected chi connectivity index (χ0v) is 11.8. The van der Waals surface area contributed by atoms with E-state index in [1.165, 1.54) is 7.11 Å². The second-order valence-corrected chi connectivity index (χ2v) is 9.70. The monoisotopic (exact) mass is 246 g/mol. The number of ether oxygens (including phenoxy) is 1. The SMILES string of the molecule is COC(=O)Cc1ccc(C#C[Si](C)(C)C)cc1. The Hall–Kier alpha value is -1.53. The van der Waals surface area contributed by atoms with Gasteiger partial charge < -0.3 is 4.74 Å². The average molecular weight is 246 g/mol. The van der Waals surface area contributed by atoms with Gasteiger partial charge in [0, 0.05) is 5.56 Å². The summed E-state index contributed by atoms with van der Waals surface area (Å²) >= 11 is 0. The van der Waals surface area contributed by atoms with Crippen LogP contribution in [0.2, 0.25) is 19.6 Å². The number of carbonyl (C=O) groups is 1. The van der Waals surface area contributed by atoms with Crippen molar-refractivity contribution in [2.75, 3.05) is 7.11 Å². The molecule has 0 radical (unpaired) electrons. The number of hydrogen-bond acceptors (Lipinski definition) is 2. The minimum Gasteiger partial charge on any atom is -0.469 e. The molecule has 1 aromatic rings. The van der Waals surface area contributed by atoms with E-state index in [1.54, 1.807) is 0 Å². The van der Waals surface area contributed by atoms with Crippen molar-refractivity contribution in [3.8, 4) is 11.5 Å². The van der Waals surface area contributed by atoms with Gasteiger partial charge in [-0.3, -0.25) is 4.79 Å². The van der Waals surface area contributed by atoms with Gasteiger partial charge in [0.2, 0.25) is 0 Å². The molecule has 0 aliphatic rings. The first kappa shape index (κ1) is 13.5. The van der Waals surface area contributed by atoms with Crippen LogP contribution in [0.15, 0.2) is 24.3 Å². The number of rotatable bonds is 2. The van der Waals surface area contributed by atoms with Crippen LogP contribution in [0.4, 0.5) is 0 Å². The molecule has 1 aromatic carbocycles. The molecule has 0 fully saturated rings. The first-order valence-corrected chi connectivity index (χ1v) is 9.09. The number of carbonyl (C=O) groups excluding carboxylic acids is 1. The van der Waals surface area contributed by atoms with Crippen molar-refractivity contribution in [2.45, 2.75) is 26.1 Å². The molecule has 0 aromatic heterocycles. The van der Waals surface area contributed by atoms with Gasteiger partial charge in [-0.25, -0.2) is 0 Å². The van der Waals surface area contributed by atoms with E-state index >= 15 is 0 Å². The molecule has 0 aliphatic heterocycles. The van der Waals surface area contributed by atoms with Gasteiger partial charge in [0.15, 0.2) is 0 Å². The summed E-state index contributed by atoms with van der Waals surface area (Å²) in [5.74, 6) is 2.96. The van der Waals surface area contributed by atoms with E-state index in [0.717, 1.165) is 11.1 Å². The zero-order chi connectivity index (χ0) is 12.9. The van der Waals surface area contributed by atoms with Crippen LogP contribution >= 0.6 is 0 Å². The fourth-order valence-corrected chi connectivity index (χ4v) is 1.72. The quantitative estimate of drug-likeness (QED) is 0.455. The fraction of sp³-hybridized carbons (Fsp3) is 0.357. The summed E-state index contributed by atoms with van der Waals surface area (Å²) in [6.45, 7) is 6.64. The van der Waals surface area contributed by atoms with E-state index in [0.29, 0.717) is 6.42 Å². The highest BCUT2D eigenvalue weighted by Gasteiger charge is 2.07. The molecule has 0 bridgehead atoms. The van der Waals surface area contributed by atoms with Gasteiger partial charge in [0.1, 0.15) is 8.07 Å². The Labute approximate surface area is 104 Å². The molecule has 2 nitrogen and oxygen atoms in total. The molecule has 90 valence electrons. The van der Waals surface area contributed by atoms with Crippen LogP contribution in [-0.4, -0.2) is 21.2 Å². The predicted molar refractivity (Wildman–Crippen MR) is 72.4 cm³/mol. The van der Waals surface area contributed by atoms with Crippen molar-refractivity contribution in [3.05, 3.63) is 35.4 Å². The van der Waals surface area contributed by atoms with Crippen LogP contribution in [0.5, 0.6) is 0 Å². The summed E-state index contributed by atoms with van der Waals surface area (Å²) in [7, 11) is 0.0781. The Bertz CT molecular complexity index is 444. The zero-order valence-electron chi connectivity index (χ0n) is 10.8. The molecule has 0 N–H and O–H groups in total. The van der Waals surface area contributed by atoms with E-state index < -0.39 is 8.07 Å². The summed E-state index contributed by atoms with van der Waals surface area (Å²) in [6.07, 6.45) is 0.318. The molecule has 0 saturated carbocycles. The highest BCUT2D eigenvalue weighted by atomic mass is 28.3. The van der Waals surface area contributed by atoms with Gasteiger partial charge in [-0.2, -0.15) is 0 Å². The van der Waals surface area contributed by atoms with Gasteiger partial charge in [0.05, 0.1) is 13.5 Å². The Balaban J connectivity index is 2.74. The number of benzene rings is 1. The average Bonchev–Trinajstić information content (AvgIpc) is 2.27. The van der Waals surface area contributed by atoms with Gasteiger partial charge in [0.25, 0.3) is 0 Å². The van der Waals surface area contributed by atoms with Crippen molar-refractivity contribution in [1.82, 2.24) is 0 Å². The first-order valence-electron chi connectivity index (χ1n) is 5.59. The normalized spacial score (nSPS) is 10.4. The molecule has 0 spiro atoms. The molecule has 0 unspecified atom stereocenters. The van der Waals surface area contributed by atoms with Crippen LogP contribution < -0.4 is 0 Å². The van der Waals surface area contributed by atoms with Crippen LogP contribution in [-0.2, 0) is 16.0 Å². The predicted octanol–water partition coefficient (Wildman–Crippen LogP) is 2.63. The largest absolute Gasteiger partial charge is 0.469 e. The molecular formula is C14H18O2Si. The highest BCUT2D eigenvalue weighted by molar-refractivity contribution is 6.83. The molecular weight excluding hydrogens is 228 g/mol. The minimum atomic E-state index is -1.32. The van der Waals surface area contributed by atoms with E-state index in [9.17, 15) is 4.79 Å². The molecule has 0 saturated heterocycles. The lowest BCUT2D eigenvalue weighted by molar-refractivity contribution is -0.139. The summed E-state index contributed by atoms with van der Waals surface area (Å²) < 4.78 is 4.62. The standard InChI is InChI=1S/C14H18O2Si/c1-16-14(15)11-13-7-5-12(6-8-13)9-10-17(2,3)4/h5-8H,11H2,1-4H3. The Morgan fingerprint density at radius 1 is 1.24 bits per heavy atom. The fourth-order valence-electron chi connectivity index (χ4n) is 1.20. The van der Waals surface area contributed by atoms with Crippen LogP contribution in [0.3, 0.4) is 0 Å². The maximum absolute atomic E-state index is 11.1. The summed E-state index contributed by atoms with van der Waals surface area (Å²) in [5.41, 5.74) is 5.26. The number of methoxy groups -OCH3 is 1. The van der Waals surface area contributed by atoms with Crippen molar-refractivity contribution >= 4 is 14.0 Å². The van der Waals surface area contributed by atoms with E-state index in [2.05, 4.69) is 35.8 Å². The molecule has 3 heteroatoms. The Kier molecular flexibility index (Phi) is 4.53. The third kappa shape index (κ3) is 5.37. The summed E-state index contributed by atoms with van der Waals surface area (Å²) in [6, 6.07) is 7.74. The van der Waals surface area contributed by atoms with E-state index in [-0.39, 0.29) is 5.97 Å². The third-order valence-electron chi connectivity index (χ3n) is 2.11. The van der Waals surface area contributed by atoms with Gasteiger partial charge in [-0.1, -0.05) is 37.7 Å². The molecule has 0 amide bonds. The lowest BCUT2D eigenvalue weighted by Crippen LogP contribution is -2.16. The Morgan fingerprint density at radius 3 is 2.29 bits per heavy atom. The number of hydrogen-bond donors (Lipinski definition) is 0. The lowest BCUT2D eigenvalue weighted by atomic mass is 10.1. The van der Waals surface area contributed by atoms with E-state index in [1.807, 2.05) is 24.3 Å². The van der Waals surface area contributed by atoms with Gasteiger partial charge in [-0.15, -0.1) is 5.54 Å². The van der Waals surface area contributed by atoms with Crippen molar-refractivity contribution in [1.29, 1.82) is 0 Å². The molecule has 17 heavy (non-hydrogen) atoms. The summed E-state index contributed by atoms with van der Waals surface area (Å²) in [4.78, 5) is 11.1. The minimum absolute atomic E-state index is 0.217. The second kappa shape index (κ2) is 5.69. The molecule has 1 rings (SSSR count). The highest BCUT2D eigenvalue weighted by Crippen LogP contribution is 2.06. The summed E-state index contributed by atoms with van der Waals surface area (Å²) in [5, 5.41) is 0. The van der Waals surface area contributed by atoms with Crippen LogP contribution in [0.1, 0.15) is 11.1 Å². The molecule has 0 atom stereocenters. The smallest absolute Gasteiger partial charge is 0.309 e. The Morgan fingerprint density at radius 2 is 1.82 bits per heavy atom. The van der Waals surface area contributed by atoms with Crippen LogP contribution in [0.25, 0.3) is 0 Å². The first-order chi connectivity index (χ1) is 7.90. The maximum Gasteiger partial charge on any atom is 0.309 e. The maximum atomic E-state index is 11.1. The van der Waals surface area contributed by atoms with Crippen molar-refractivity contribution < 1.29 is 9.53 Å². The van der Waals surface area contributed by atoms with E-state index in [4.69, 9.17) is 0 Å². The topological polar surface area (TPSA) is 26.3 Å². The van der Waals surface area contributed by atoms with Gasteiger partial charge in [-0.05, 0) is 17.7 Å². The number of esters is 1. The molecule has 0 aliphatic carbocycles.